The van der Waals surface area contributed by atoms with Crippen LogP contribution in [0.3, 0.4) is 0 Å². The fraction of sp³-hybridized carbons (Fsp3) is 0.647. The molecule has 1 aromatic carbocycles. The summed E-state index contributed by atoms with van der Waals surface area (Å²) in [6, 6.07) is 10.6. The van der Waals surface area contributed by atoms with E-state index < -0.39 is 0 Å². The van der Waals surface area contributed by atoms with Crippen LogP contribution in [0.25, 0.3) is 0 Å². The molecule has 0 radical (unpaired) electrons. The van der Waals surface area contributed by atoms with Gasteiger partial charge in [0.2, 0.25) is 0 Å². The molecular weight excluding hydrogens is 220 g/mol. The number of hydrogen-bond acceptors (Lipinski definition) is 1. The van der Waals surface area contributed by atoms with Gasteiger partial charge in [0.1, 0.15) is 0 Å². The largest absolute Gasteiger partial charge is 0.393 e. The van der Waals surface area contributed by atoms with Gasteiger partial charge in [0.15, 0.2) is 0 Å². The van der Waals surface area contributed by atoms with Crippen LogP contribution in [-0.2, 0) is 6.42 Å². The van der Waals surface area contributed by atoms with Crippen LogP contribution in [0.15, 0.2) is 30.3 Å². The highest BCUT2D eigenvalue weighted by atomic mass is 16.3. The maximum atomic E-state index is 10.3. The Kier molecular flexibility index (Phi) is 5.73. The Morgan fingerprint density at radius 1 is 1.00 bits per heavy atom. The summed E-state index contributed by atoms with van der Waals surface area (Å²) in [5.74, 6) is 0.572. The second-order valence-electron chi connectivity index (χ2n) is 5.70. The van der Waals surface area contributed by atoms with Gasteiger partial charge in [-0.1, -0.05) is 56.0 Å². The molecule has 1 saturated carbocycles. The lowest BCUT2D eigenvalue weighted by Gasteiger charge is -2.21. The molecule has 2 rings (SSSR count). The van der Waals surface area contributed by atoms with E-state index in [2.05, 4.69) is 30.3 Å². The fourth-order valence-electron chi connectivity index (χ4n) is 3.09. The molecule has 1 heteroatoms. The van der Waals surface area contributed by atoms with Crippen molar-refractivity contribution >= 4 is 0 Å². The molecule has 0 spiro atoms. The molecule has 1 fully saturated rings. The topological polar surface area (TPSA) is 20.2 Å². The van der Waals surface area contributed by atoms with Crippen LogP contribution in [0.2, 0.25) is 0 Å². The maximum Gasteiger partial charge on any atom is 0.0568 e. The zero-order valence-electron chi connectivity index (χ0n) is 11.4. The van der Waals surface area contributed by atoms with Crippen molar-refractivity contribution in [3.8, 4) is 0 Å². The number of hydrogen-bond donors (Lipinski definition) is 1. The highest BCUT2D eigenvalue weighted by Gasteiger charge is 2.19. The van der Waals surface area contributed by atoms with E-state index in [1.807, 2.05) is 0 Å². The Balaban J connectivity index is 1.69. The summed E-state index contributed by atoms with van der Waals surface area (Å²) >= 11 is 0. The van der Waals surface area contributed by atoms with Gasteiger partial charge in [-0.2, -0.15) is 0 Å². The van der Waals surface area contributed by atoms with E-state index >= 15 is 0 Å². The van der Waals surface area contributed by atoms with Crippen LogP contribution >= 0.6 is 0 Å². The molecule has 0 aliphatic heterocycles. The predicted octanol–water partition coefficient (Wildman–Crippen LogP) is 4.34. The molecule has 18 heavy (non-hydrogen) atoms. The van der Waals surface area contributed by atoms with Crippen molar-refractivity contribution in [2.45, 2.75) is 63.9 Å². The van der Waals surface area contributed by atoms with Gasteiger partial charge in [-0.25, -0.2) is 0 Å². The number of aliphatic hydroxyl groups is 1. The van der Waals surface area contributed by atoms with Gasteiger partial charge in [-0.3, -0.25) is 0 Å². The summed E-state index contributed by atoms with van der Waals surface area (Å²) in [5.41, 5.74) is 1.39. The normalized spacial score (nSPS) is 19.4. The third-order valence-electron chi connectivity index (χ3n) is 4.25. The van der Waals surface area contributed by atoms with E-state index in [-0.39, 0.29) is 6.10 Å². The first-order valence-corrected chi connectivity index (χ1v) is 7.58. The van der Waals surface area contributed by atoms with Crippen molar-refractivity contribution in [2.75, 3.05) is 0 Å². The highest BCUT2D eigenvalue weighted by Crippen LogP contribution is 2.27. The second-order valence-corrected chi connectivity index (χ2v) is 5.70. The van der Waals surface area contributed by atoms with Crippen LogP contribution in [0.5, 0.6) is 0 Å². The zero-order valence-corrected chi connectivity index (χ0v) is 11.4. The average molecular weight is 246 g/mol. The smallest absolute Gasteiger partial charge is 0.0568 e. The lowest BCUT2D eigenvalue weighted by Crippen LogP contribution is -2.20. The maximum absolute atomic E-state index is 10.3. The monoisotopic (exact) mass is 246 g/mol. The molecule has 0 heterocycles. The molecule has 0 amide bonds. The van der Waals surface area contributed by atoms with E-state index in [1.165, 1.54) is 44.1 Å². The van der Waals surface area contributed by atoms with E-state index in [0.29, 0.717) is 5.92 Å². The summed E-state index contributed by atoms with van der Waals surface area (Å²) in [7, 11) is 0. The van der Waals surface area contributed by atoms with Gasteiger partial charge in [-0.15, -0.1) is 0 Å². The first kappa shape index (κ1) is 13.6. The summed E-state index contributed by atoms with van der Waals surface area (Å²) in [6.45, 7) is 0. The molecule has 1 nitrogen and oxygen atoms in total. The lowest BCUT2D eigenvalue weighted by atomic mass is 9.90. The van der Waals surface area contributed by atoms with E-state index in [0.717, 1.165) is 19.3 Å². The van der Waals surface area contributed by atoms with Gasteiger partial charge in [0.25, 0.3) is 0 Å². The molecule has 1 unspecified atom stereocenters. The zero-order chi connectivity index (χ0) is 12.6. The van der Waals surface area contributed by atoms with Crippen molar-refractivity contribution in [1.29, 1.82) is 0 Å². The Labute approximate surface area is 111 Å². The van der Waals surface area contributed by atoms with Gasteiger partial charge < -0.3 is 5.11 Å². The number of aryl methyl sites for hydroxylation is 1. The van der Waals surface area contributed by atoms with E-state index in [9.17, 15) is 5.11 Å². The van der Waals surface area contributed by atoms with Gasteiger partial charge >= 0.3 is 0 Å². The first-order chi connectivity index (χ1) is 8.86. The number of aliphatic hydroxyl groups excluding tert-OH is 1. The van der Waals surface area contributed by atoms with E-state index in [1.54, 1.807) is 0 Å². The third-order valence-corrected chi connectivity index (χ3v) is 4.25. The molecular formula is C17H26O. The van der Waals surface area contributed by atoms with E-state index in [4.69, 9.17) is 0 Å². The van der Waals surface area contributed by atoms with Crippen LogP contribution in [0.4, 0.5) is 0 Å². The molecule has 1 atom stereocenters. The number of benzene rings is 1. The minimum absolute atomic E-state index is 0.0631. The summed E-state index contributed by atoms with van der Waals surface area (Å²) in [4.78, 5) is 0. The molecule has 100 valence electrons. The summed E-state index contributed by atoms with van der Waals surface area (Å²) in [6.07, 6.45) is 11.0. The minimum atomic E-state index is -0.0631. The van der Waals surface area contributed by atoms with Crippen molar-refractivity contribution in [2.24, 2.45) is 5.92 Å². The van der Waals surface area contributed by atoms with Gasteiger partial charge in [0.05, 0.1) is 6.10 Å². The van der Waals surface area contributed by atoms with Gasteiger partial charge in [-0.05, 0) is 43.6 Å². The molecule has 0 bridgehead atoms. The minimum Gasteiger partial charge on any atom is -0.393 e. The summed E-state index contributed by atoms with van der Waals surface area (Å²) in [5, 5.41) is 10.3. The van der Waals surface area contributed by atoms with Gasteiger partial charge in [0, 0.05) is 0 Å². The van der Waals surface area contributed by atoms with Crippen molar-refractivity contribution in [1.82, 2.24) is 0 Å². The molecule has 0 saturated heterocycles. The molecule has 1 N–H and O–H groups in total. The predicted molar refractivity (Wildman–Crippen MR) is 76.6 cm³/mol. The van der Waals surface area contributed by atoms with Crippen molar-refractivity contribution < 1.29 is 5.11 Å². The highest BCUT2D eigenvalue weighted by molar-refractivity contribution is 5.14. The quantitative estimate of drug-likeness (QED) is 0.766. The van der Waals surface area contributed by atoms with Crippen molar-refractivity contribution in [3.63, 3.8) is 0 Å². The molecule has 1 aliphatic carbocycles. The fourth-order valence-corrected chi connectivity index (χ4v) is 3.09. The Bertz CT molecular complexity index is 312. The molecule has 1 aromatic rings. The van der Waals surface area contributed by atoms with Crippen LogP contribution in [-0.4, -0.2) is 11.2 Å². The standard InChI is InChI=1S/C17H26O/c18-17(16-12-6-1-2-7-13-16)14-8-11-15-9-4-3-5-10-15/h3-5,9-10,16-18H,1-2,6-8,11-14H2. The van der Waals surface area contributed by atoms with Crippen LogP contribution in [0, 0.1) is 5.92 Å². The lowest BCUT2D eigenvalue weighted by molar-refractivity contribution is 0.0882. The Hall–Kier alpha value is -0.820. The Morgan fingerprint density at radius 3 is 2.33 bits per heavy atom. The van der Waals surface area contributed by atoms with Crippen LogP contribution < -0.4 is 0 Å². The summed E-state index contributed by atoms with van der Waals surface area (Å²) < 4.78 is 0. The number of rotatable bonds is 5. The first-order valence-electron chi connectivity index (χ1n) is 7.58. The molecule has 0 aromatic heterocycles. The molecule has 1 aliphatic rings. The average Bonchev–Trinajstić information content (AvgIpc) is 2.69. The van der Waals surface area contributed by atoms with Crippen LogP contribution in [0.1, 0.15) is 56.9 Å². The van der Waals surface area contributed by atoms with Crippen molar-refractivity contribution in [3.05, 3.63) is 35.9 Å². The third kappa shape index (κ3) is 4.45. The second kappa shape index (κ2) is 7.58. The SMILES string of the molecule is OC(CCCc1ccccc1)C1CCCCCC1. The Morgan fingerprint density at radius 2 is 1.67 bits per heavy atom.